The summed E-state index contributed by atoms with van der Waals surface area (Å²) in [5.41, 5.74) is 1.85. The maximum atomic E-state index is 10.7. The van der Waals surface area contributed by atoms with Crippen LogP contribution < -0.4 is 4.74 Å². The Labute approximate surface area is 112 Å². The SMILES string of the molecule is COc1ncnc2ncn(-c3ccc([N+](=O)[O-])cc3)c12. The number of benzene rings is 1. The van der Waals surface area contributed by atoms with E-state index >= 15 is 0 Å². The van der Waals surface area contributed by atoms with Crippen molar-refractivity contribution in [2.45, 2.75) is 0 Å². The van der Waals surface area contributed by atoms with Gasteiger partial charge in [0.05, 0.1) is 12.0 Å². The minimum atomic E-state index is -0.445. The molecule has 2 heterocycles. The van der Waals surface area contributed by atoms with Crippen LogP contribution in [0.25, 0.3) is 16.9 Å². The van der Waals surface area contributed by atoms with Gasteiger partial charge in [-0.2, -0.15) is 4.98 Å². The van der Waals surface area contributed by atoms with Crippen LogP contribution in [0.5, 0.6) is 5.88 Å². The summed E-state index contributed by atoms with van der Waals surface area (Å²) in [6, 6.07) is 6.12. The second kappa shape index (κ2) is 4.57. The summed E-state index contributed by atoms with van der Waals surface area (Å²) in [7, 11) is 1.51. The molecule has 0 radical (unpaired) electrons. The molecule has 0 saturated carbocycles. The molecule has 20 heavy (non-hydrogen) atoms. The van der Waals surface area contributed by atoms with E-state index in [2.05, 4.69) is 15.0 Å². The number of methoxy groups -OCH3 is 1. The van der Waals surface area contributed by atoms with Crippen molar-refractivity contribution >= 4 is 16.9 Å². The van der Waals surface area contributed by atoms with E-state index in [4.69, 9.17) is 4.74 Å². The Hall–Kier alpha value is -3.03. The van der Waals surface area contributed by atoms with Crippen LogP contribution in [-0.2, 0) is 0 Å². The summed E-state index contributed by atoms with van der Waals surface area (Å²) in [6.45, 7) is 0. The monoisotopic (exact) mass is 271 g/mol. The molecule has 0 fully saturated rings. The van der Waals surface area contributed by atoms with Gasteiger partial charge >= 0.3 is 0 Å². The Bertz CT molecular complexity index is 781. The zero-order valence-corrected chi connectivity index (χ0v) is 10.4. The molecule has 0 bridgehead atoms. The number of ether oxygens (including phenoxy) is 1. The van der Waals surface area contributed by atoms with Crippen molar-refractivity contribution in [3.05, 3.63) is 47.0 Å². The molecule has 3 aromatic rings. The van der Waals surface area contributed by atoms with E-state index in [-0.39, 0.29) is 5.69 Å². The zero-order valence-electron chi connectivity index (χ0n) is 10.4. The maximum Gasteiger partial charge on any atom is 0.269 e. The standard InChI is InChI=1S/C12H9N5O3/c1-20-12-10-11(13-6-14-12)15-7-16(10)8-2-4-9(5-3-8)17(18)19/h2-7H,1H3. The van der Waals surface area contributed by atoms with Crippen molar-refractivity contribution in [1.29, 1.82) is 0 Å². The average molecular weight is 271 g/mol. The first-order valence-corrected chi connectivity index (χ1v) is 5.67. The third-order valence-corrected chi connectivity index (χ3v) is 2.84. The summed E-state index contributed by atoms with van der Waals surface area (Å²) in [4.78, 5) is 22.4. The van der Waals surface area contributed by atoms with Gasteiger partial charge in [-0.3, -0.25) is 14.7 Å². The van der Waals surface area contributed by atoms with Crippen LogP contribution in [-0.4, -0.2) is 31.6 Å². The molecule has 0 aliphatic rings. The maximum absolute atomic E-state index is 10.7. The normalized spacial score (nSPS) is 10.7. The predicted molar refractivity (Wildman–Crippen MR) is 69.9 cm³/mol. The second-order valence-electron chi connectivity index (χ2n) is 3.94. The fourth-order valence-electron chi connectivity index (χ4n) is 1.91. The molecular formula is C12H9N5O3. The Morgan fingerprint density at radius 3 is 2.60 bits per heavy atom. The van der Waals surface area contributed by atoms with Gasteiger partial charge in [-0.25, -0.2) is 9.97 Å². The van der Waals surface area contributed by atoms with E-state index in [9.17, 15) is 10.1 Å². The summed E-state index contributed by atoms with van der Waals surface area (Å²) in [5, 5.41) is 10.7. The molecule has 100 valence electrons. The lowest BCUT2D eigenvalue weighted by Gasteiger charge is -2.06. The Morgan fingerprint density at radius 1 is 1.20 bits per heavy atom. The smallest absolute Gasteiger partial charge is 0.269 e. The van der Waals surface area contributed by atoms with Crippen molar-refractivity contribution < 1.29 is 9.66 Å². The largest absolute Gasteiger partial charge is 0.479 e. The van der Waals surface area contributed by atoms with Crippen LogP contribution in [0.1, 0.15) is 0 Å². The first kappa shape index (κ1) is 12.0. The number of nitrogens with zero attached hydrogens (tertiary/aromatic N) is 5. The van der Waals surface area contributed by atoms with Gasteiger partial charge in [-0.05, 0) is 12.1 Å². The first-order chi connectivity index (χ1) is 9.70. The lowest BCUT2D eigenvalue weighted by molar-refractivity contribution is -0.384. The van der Waals surface area contributed by atoms with Crippen molar-refractivity contribution in [3.63, 3.8) is 0 Å². The average Bonchev–Trinajstić information content (AvgIpc) is 2.91. The minimum Gasteiger partial charge on any atom is -0.479 e. The van der Waals surface area contributed by atoms with Crippen molar-refractivity contribution in [1.82, 2.24) is 19.5 Å². The van der Waals surface area contributed by atoms with E-state index in [0.717, 1.165) is 0 Å². The summed E-state index contributed by atoms with van der Waals surface area (Å²) < 4.78 is 6.91. The highest BCUT2D eigenvalue weighted by molar-refractivity contribution is 5.78. The highest BCUT2D eigenvalue weighted by Crippen LogP contribution is 2.24. The fraction of sp³-hybridized carbons (Fsp3) is 0.0833. The van der Waals surface area contributed by atoms with Crippen LogP contribution >= 0.6 is 0 Å². The van der Waals surface area contributed by atoms with Crippen molar-refractivity contribution in [3.8, 4) is 11.6 Å². The van der Waals surface area contributed by atoms with Crippen LogP contribution in [0.3, 0.4) is 0 Å². The van der Waals surface area contributed by atoms with E-state index < -0.39 is 4.92 Å². The number of fused-ring (bicyclic) bond motifs is 1. The molecule has 0 saturated heterocycles. The minimum absolute atomic E-state index is 0.0291. The molecule has 8 heteroatoms. The number of non-ortho nitro benzene ring substituents is 1. The molecule has 0 spiro atoms. The third kappa shape index (κ3) is 1.83. The Kier molecular flexibility index (Phi) is 2.75. The van der Waals surface area contributed by atoms with Gasteiger partial charge in [0.2, 0.25) is 5.88 Å². The lowest BCUT2D eigenvalue weighted by Crippen LogP contribution is -1.97. The van der Waals surface area contributed by atoms with Gasteiger partial charge < -0.3 is 4.74 Å². The summed E-state index contributed by atoms with van der Waals surface area (Å²) >= 11 is 0. The van der Waals surface area contributed by atoms with Gasteiger partial charge in [0.25, 0.3) is 5.69 Å². The molecular weight excluding hydrogens is 262 g/mol. The quantitative estimate of drug-likeness (QED) is 0.531. The zero-order chi connectivity index (χ0) is 14.1. The van der Waals surface area contributed by atoms with Gasteiger partial charge in [-0.15, -0.1) is 0 Å². The number of nitro groups is 1. The molecule has 3 rings (SSSR count). The van der Waals surface area contributed by atoms with Crippen molar-refractivity contribution in [2.24, 2.45) is 0 Å². The first-order valence-electron chi connectivity index (χ1n) is 5.67. The van der Waals surface area contributed by atoms with Crippen LogP contribution in [0.15, 0.2) is 36.9 Å². The molecule has 0 atom stereocenters. The molecule has 0 amide bonds. The fourth-order valence-corrected chi connectivity index (χ4v) is 1.91. The van der Waals surface area contributed by atoms with Gasteiger partial charge in [-0.1, -0.05) is 0 Å². The molecule has 0 aliphatic heterocycles. The van der Waals surface area contributed by atoms with Crippen LogP contribution in [0.2, 0.25) is 0 Å². The van der Waals surface area contributed by atoms with E-state index in [0.29, 0.717) is 22.7 Å². The molecule has 0 N–H and O–H groups in total. The molecule has 8 nitrogen and oxygen atoms in total. The van der Waals surface area contributed by atoms with Crippen LogP contribution in [0.4, 0.5) is 5.69 Å². The summed E-state index contributed by atoms with van der Waals surface area (Å²) in [5.74, 6) is 0.394. The van der Waals surface area contributed by atoms with E-state index in [1.54, 1.807) is 23.0 Å². The predicted octanol–water partition coefficient (Wildman–Crippen LogP) is 1.73. The highest BCUT2D eigenvalue weighted by Gasteiger charge is 2.13. The van der Waals surface area contributed by atoms with Gasteiger partial charge in [0.1, 0.15) is 12.7 Å². The van der Waals surface area contributed by atoms with Gasteiger partial charge in [0.15, 0.2) is 11.2 Å². The number of imidazole rings is 1. The van der Waals surface area contributed by atoms with E-state index in [1.807, 2.05) is 0 Å². The Balaban J connectivity index is 2.16. The Morgan fingerprint density at radius 2 is 1.95 bits per heavy atom. The van der Waals surface area contributed by atoms with Crippen molar-refractivity contribution in [2.75, 3.05) is 7.11 Å². The molecule has 0 unspecified atom stereocenters. The number of hydrogen-bond acceptors (Lipinski definition) is 6. The topological polar surface area (TPSA) is 96.0 Å². The van der Waals surface area contributed by atoms with E-state index in [1.165, 1.54) is 25.6 Å². The number of hydrogen-bond donors (Lipinski definition) is 0. The highest BCUT2D eigenvalue weighted by atomic mass is 16.6. The number of aromatic nitrogens is 4. The van der Waals surface area contributed by atoms with Crippen LogP contribution in [0, 0.1) is 10.1 Å². The second-order valence-corrected chi connectivity index (χ2v) is 3.94. The number of rotatable bonds is 3. The lowest BCUT2D eigenvalue weighted by atomic mass is 10.3. The number of nitro benzene ring substituents is 1. The molecule has 1 aromatic carbocycles. The molecule has 0 aliphatic carbocycles. The molecule has 2 aromatic heterocycles. The van der Waals surface area contributed by atoms with Gasteiger partial charge in [0, 0.05) is 17.8 Å². The summed E-state index contributed by atoms with van der Waals surface area (Å²) in [6.07, 6.45) is 2.94. The third-order valence-electron chi connectivity index (χ3n) is 2.84.